The maximum Gasteiger partial charge on any atom is 0.319 e. The zero-order valence-corrected chi connectivity index (χ0v) is 10.0. The second-order valence-corrected chi connectivity index (χ2v) is 4.47. The highest BCUT2D eigenvalue weighted by molar-refractivity contribution is 7.16. The van der Waals surface area contributed by atoms with Gasteiger partial charge < -0.3 is 5.32 Å². The van der Waals surface area contributed by atoms with E-state index in [1.165, 1.54) is 11.3 Å². The van der Waals surface area contributed by atoms with E-state index < -0.39 is 4.92 Å². The molecule has 0 spiro atoms. The Kier molecular flexibility index (Phi) is 3.06. The highest BCUT2D eigenvalue weighted by atomic mass is 32.1. The van der Waals surface area contributed by atoms with Gasteiger partial charge in [0, 0.05) is 6.04 Å². The summed E-state index contributed by atoms with van der Waals surface area (Å²) >= 11 is 1.39. The largest absolute Gasteiger partial charge is 0.374 e. The molecule has 0 radical (unpaired) electrons. The van der Waals surface area contributed by atoms with Gasteiger partial charge >= 0.3 is 5.69 Å². The number of nitro benzene ring substituents is 1. The molecular formula is C11H11N3O2S. The lowest BCUT2D eigenvalue weighted by atomic mass is 10.2. The van der Waals surface area contributed by atoms with Crippen LogP contribution in [0.25, 0.3) is 10.2 Å². The van der Waals surface area contributed by atoms with E-state index >= 15 is 0 Å². The lowest BCUT2D eigenvalue weighted by Crippen LogP contribution is -2.12. The van der Waals surface area contributed by atoms with Gasteiger partial charge in [-0.05, 0) is 19.1 Å². The molecule has 1 N–H and O–H groups in total. The molecule has 1 heterocycles. The van der Waals surface area contributed by atoms with Gasteiger partial charge in [-0.25, -0.2) is 4.98 Å². The molecule has 0 fully saturated rings. The number of anilines is 1. The van der Waals surface area contributed by atoms with Crippen molar-refractivity contribution in [3.8, 4) is 0 Å². The molecule has 1 unspecified atom stereocenters. The fourth-order valence-corrected chi connectivity index (χ4v) is 2.20. The summed E-state index contributed by atoms with van der Waals surface area (Å²) < 4.78 is 0.813. The van der Waals surface area contributed by atoms with E-state index in [4.69, 9.17) is 0 Å². The van der Waals surface area contributed by atoms with Crippen LogP contribution < -0.4 is 5.32 Å². The fourth-order valence-electron chi connectivity index (χ4n) is 1.52. The third-order valence-corrected chi connectivity index (χ3v) is 3.19. The van der Waals surface area contributed by atoms with E-state index in [1.54, 1.807) is 17.7 Å². The van der Waals surface area contributed by atoms with Crippen molar-refractivity contribution in [2.75, 3.05) is 5.32 Å². The minimum atomic E-state index is -0.403. The second-order valence-electron chi connectivity index (χ2n) is 3.59. The molecule has 1 atom stereocenters. The summed E-state index contributed by atoms with van der Waals surface area (Å²) in [5, 5.41) is 14.1. The molecule has 0 aliphatic heterocycles. The third-order valence-electron chi connectivity index (χ3n) is 2.39. The van der Waals surface area contributed by atoms with Gasteiger partial charge in [0.1, 0.15) is 5.69 Å². The third kappa shape index (κ3) is 2.12. The van der Waals surface area contributed by atoms with Crippen LogP contribution in [0.3, 0.4) is 0 Å². The summed E-state index contributed by atoms with van der Waals surface area (Å²) in [6.45, 7) is 5.51. The molecule has 0 saturated heterocycles. The van der Waals surface area contributed by atoms with Crippen LogP contribution >= 0.6 is 11.3 Å². The average molecular weight is 249 g/mol. The van der Waals surface area contributed by atoms with E-state index in [0.29, 0.717) is 11.2 Å². The number of hydrogen-bond donors (Lipinski definition) is 1. The number of nitro groups is 1. The first-order valence-corrected chi connectivity index (χ1v) is 5.91. The van der Waals surface area contributed by atoms with Crippen LogP contribution in [-0.2, 0) is 0 Å². The van der Waals surface area contributed by atoms with Crippen molar-refractivity contribution in [1.29, 1.82) is 0 Å². The maximum absolute atomic E-state index is 11.1. The maximum atomic E-state index is 11.1. The number of benzene rings is 1. The first-order chi connectivity index (χ1) is 8.13. The summed E-state index contributed by atoms with van der Waals surface area (Å²) in [6, 6.07) is 3.50. The monoisotopic (exact) mass is 249 g/mol. The SMILES string of the molecule is C=CC(C)Nc1ccc2scnc2c1[N+](=O)[O-]. The molecule has 0 amide bonds. The quantitative estimate of drug-likeness (QED) is 0.513. The number of thiazole rings is 1. The minimum absolute atomic E-state index is 0.0254. The number of fused-ring (bicyclic) bond motifs is 1. The van der Waals surface area contributed by atoms with Gasteiger partial charge in [0.2, 0.25) is 0 Å². The smallest absolute Gasteiger partial charge is 0.319 e. The molecule has 2 aromatic rings. The van der Waals surface area contributed by atoms with Crippen molar-refractivity contribution in [2.45, 2.75) is 13.0 Å². The number of nitrogens with one attached hydrogen (secondary N) is 1. The van der Waals surface area contributed by atoms with E-state index in [1.807, 2.05) is 13.0 Å². The van der Waals surface area contributed by atoms with E-state index in [0.717, 1.165) is 4.70 Å². The van der Waals surface area contributed by atoms with E-state index in [9.17, 15) is 10.1 Å². The predicted octanol–water partition coefficient (Wildman–Crippen LogP) is 3.19. The Hall–Kier alpha value is -1.95. The van der Waals surface area contributed by atoms with Crippen molar-refractivity contribution < 1.29 is 4.92 Å². The molecule has 0 aliphatic carbocycles. The van der Waals surface area contributed by atoms with Crippen molar-refractivity contribution in [3.63, 3.8) is 0 Å². The Morgan fingerprint density at radius 2 is 2.41 bits per heavy atom. The minimum Gasteiger partial charge on any atom is -0.374 e. The molecule has 0 aliphatic rings. The summed E-state index contributed by atoms with van der Waals surface area (Å²) in [7, 11) is 0. The second kappa shape index (κ2) is 4.50. The van der Waals surface area contributed by atoms with E-state index in [-0.39, 0.29) is 11.7 Å². The first-order valence-electron chi connectivity index (χ1n) is 5.03. The Morgan fingerprint density at radius 3 is 3.06 bits per heavy atom. The van der Waals surface area contributed by atoms with Crippen molar-refractivity contribution in [2.24, 2.45) is 0 Å². The topological polar surface area (TPSA) is 68.1 Å². The van der Waals surface area contributed by atoms with Crippen LogP contribution in [-0.4, -0.2) is 15.9 Å². The zero-order chi connectivity index (χ0) is 12.4. The highest BCUT2D eigenvalue weighted by Crippen LogP contribution is 2.34. The lowest BCUT2D eigenvalue weighted by molar-refractivity contribution is -0.382. The van der Waals surface area contributed by atoms with Crippen molar-refractivity contribution in [1.82, 2.24) is 4.98 Å². The van der Waals surface area contributed by atoms with Crippen LogP contribution in [0, 0.1) is 10.1 Å². The van der Waals surface area contributed by atoms with Gasteiger partial charge in [-0.2, -0.15) is 0 Å². The van der Waals surface area contributed by atoms with Gasteiger partial charge in [0.05, 0.1) is 15.1 Å². The standard InChI is InChI=1S/C11H11N3O2S/c1-3-7(2)13-8-4-5-9-10(12-6-17-9)11(8)14(15)16/h3-7,13H,1H2,2H3. The number of hydrogen-bond acceptors (Lipinski definition) is 5. The van der Waals surface area contributed by atoms with Crippen LogP contribution in [0.15, 0.2) is 30.3 Å². The molecule has 0 saturated carbocycles. The summed E-state index contributed by atoms with van der Waals surface area (Å²) in [5.74, 6) is 0. The van der Waals surface area contributed by atoms with Gasteiger partial charge in [0.25, 0.3) is 0 Å². The Morgan fingerprint density at radius 1 is 1.65 bits per heavy atom. The highest BCUT2D eigenvalue weighted by Gasteiger charge is 2.20. The molecule has 5 nitrogen and oxygen atoms in total. The fraction of sp³-hybridized carbons (Fsp3) is 0.182. The summed E-state index contributed by atoms with van der Waals surface area (Å²) in [4.78, 5) is 14.7. The molecule has 0 bridgehead atoms. The number of rotatable bonds is 4. The molecule has 2 rings (SSSR count). The molecule has 1 aromatic carbocycles. The Labute approximate surface area is 102 Å². The van der Waals surface area contributed by atoms with Gasteiger partial charge in [-0.1, -0.05) is 6.08 Å². The molecular weight excluding hydrogens is 238 g/mol. The normalized spacial score (nSPS) is 12.3. The molecule has 1 aromatic heterocycles. The van der Waals surface area contributed by atoms with Crippen LogP contribution in [0.5, 0.6) is 0 Å². The van der Waals surface area contributed by atoms with Crippen LogP contribution in [0.1, 0.15) is 6.92 Å². The van der Waals surface area contributed by atoms with E-state index in [2.05, 4.69) is 16.9 Å². The van der Waals surface area contributed by atoms with Crippen molar-refractivity contribution >= 4 is 32.9 Å². The Bertz CT molecular complexity index is 579. The lowest BCUT2D eigenvalue weighted by Gasteiger charge is -2.10. The van der Waals surface area contributed by atoms with Gasteiger partial charge in [-0.3, -0.25) is 10.1 Å². The van der Waals surface area contributed by atoms with Crippen LogP contribution in [0.2, 0.25) is 0 Å². The molecule has 88 valence electrons. The average Bonchev–Trinajstić information content (AvgIpc) is 2.75. The number of aromatic nitrogens is 1. The summed E-state index contributed by atoms with van der Waals surface area (Å²) in [5.41, 5.74) is 2.54. The Balaban J connectivity index is 2.57. The first kappa shape index (κ1) is 11.5. The van der Waals surface area contributed by atoms with Gasteiger partial charge in [-0.15, -0.1) is 17.9 Å². The zero-order valence-electron chi connectivity index (χ0n) is 9.21. The van der Waals surface area contributed by atoms with Gasteiger partial charge in [0.15, 0.2) is 5.52 Å². The van der Waals surface area contributed by atoms with Crippen LogP contribution in [0.4, 0.5) is 11.4 Å². The van der Waals surface area contributed by atoms with Crippen molar-refractivity contribution in [3.05, 3.63) is 40.4 Å². The number of nitrogens with zero attached hydrogens (tertiary/aromatic N) is 2. The molecule has 17 heavy (non-hydrogen) atoms. The predicted molar refractivity (Wildman–Crippen MR) is 69.6 cm³/mol. The summed E-state index contributed by atoms with van der Waals surface area (Å²) in [6.07, 6.45) is 1.69. The molecule has 6 heteroatoms.